The average Bonchev–Trinajstić information content (AvgIpc) is 3.25. The van der Waals surface area contributed by atoms with E-state index in [1.54, 1.807) is 23.0 Å². The van der Waals surface area contributed by atoms with Crippen LogP contribution in [-0.2, 0) is 11.8 Å². The predicted octanol–water partition coefficient (Wildman–Crippen LogP) is 1.43. The molecule has 0 aromatic carbocycles. The molecule has 130 valence electrons. The minimum absolute atomic E-state index is 0.0227. The highest BCUT2D eigenvalue weighted by atomic mass is 16.4. The van der Waals surface area contributed by atoms with Crippen molar-refractivity contribution in [3.05, 3.63) is 41.9 Å². The van der Waals surface area contributed by atoms with Crippen molar-refractivity contribution in [2.45, 2.75) is 37.4 Å². The van der Waals surface area contributed by atoms with Gasteiger partial charge in [-0.15, -0.1) is 0 Å². The third kappa shape index (κ3) is 2.84. The Hall–Kier alpha value is -2.90. The molecular formula is C17H19N5O3. The van der Waals surface area contributed by atoms with Crippen LogP contribution >= 0.6 is 0 Å². The maximum absolute atomic E-state index is 12.6. The zero-order chi connectivity index (χ0) is 17.6. The zero-order valence-electron chi connectivity index (χ0n) is 13.8. The van der Waals surface area contributed by atoms with Crippen LogP contribution in [0.15, 0.2) is 30.5 Å². The van der Waals surface area contributed by atoms with Gasteiger partial charge in [0.1, 0.15) is 5.82 Å². The molecular weight excluding hydrogens is 322 g/mol. The lowest BCUT2D eigenvalue weighted by molar-refractivity contribution is -0.129. The van der Waals surface area contributed by atoms with E-state index in [2.05, 4.69) is 15.4 Å². The normalized spacial score (nSPS) is 23.1. The topological polar surface area (TPSA) is 100 Å². The molecule has 2 fully saturated rings. The number of amides is 1. The fraction of sp³-hybridized carbons (Fsp3) is 0.412. The molecule has 1 aliphatic heterocycles. The van der Waals surface area contributed by atoms with Crippen molar-refractivity contribution in [1.82, 2.24) is 19.7 Å². The molecule has 2 aromatic rings. The number of rotatable bonds is 5. The van der Waals surface area contributed by atoms with Crippen molar-refractivity contribution in [2.24, 2.45) is 7.05 Å². The second kappa shape index (κ2) is 5.87. The van der Waals surface area contributed by atoms with E-state index >= 15 is 0 Å². The molecule has 2 aromatic heterocycles. The second-order valence-corrected chi connectivity index (χ2v) is 6.52. The van der Waals surface area contributed by atoms with Crippen LogP contribution in [0.3, 0.4) is 0 Å². The molecule has 0 radical (unpaired) electrons. The summed E-state index contributed by atoms with van der Waals surface area (Å²) in [6.45, 7) is 0. The van der Waals surface area contributed by atoms with Gasteiger partial charge in [-0.05, 0) is 31.0 Å². The summed E-state index contributed by atoms with van der Waals surface area (Å²) >= 11 is 0. The van der Waals surface area contributed by atoms with E-state index < -0.39 is 5.97 Å². The van der Waals surface area contributed by atoms with Crippen LogP contribution in [0.1, 0.15) is 41.5 Å². The number of hydrogen-bond acceptors (Lipinski definition) is 5. The van der Waals surface area contributed by atoms with Gasteiger partial charge >= 0.3 is 5.97 Å². The van der Waals surface area contributed by atoms with Gasteiger partial charge in [-0.25, -0.2) is 9.78 Å². The molecule has 3 heterocycles. The highest BCUT2D eigenvalue weighted by molar-refractivity contribution is 5.86. The Kier molecular flexibility index (Phi) is 3.67. The number of hydrogen-bond donors (Lipinski definition) is 2. The number of nitrogens with zero attached hydrogens (tertiary/aromatic N) is 4. The molecule has 8 nitrogen and oxygen atoms in total. The van der Waals surface area contributed by atoms with Gasteiger partial charge in [0.25, 0.3) is 0 Å². The van der Waals surface area contributed by atoms with Gasteiger partial charge in [0, 0.05) is 25.7 Å². The molecule has 8 heteroatoms. The number of aryl methyl sites for hydroxylation is 1. The Morgan fingerprint density at radius 1 is 1.32 bits per heavy atom. The first-order chi connectivity index (χ1) is 12.0. The van der Waals surface area contributed by atoms with Crippen LogP contribution in [0.5, 0.6) is 0 Å². The predicted molar refractivity (Wildman–Crippen MR) is 89.0 cm³/mol. The Bertz CT molecular complexity index is 829. The number of carboxylic acid groups (broad SMARTS) is 1. The van der Waals surface area contributed by atoms with Crippen LogP contribution < -0.4 is 5.32 Å². The van der Waals surface area contributed by atoms with Crippen LogP contribution in [0.25, 0.3) is 0 Å². The standard InChI is InChI=1S/C17H19N5O3/c1-21-13(7-8-18-21)16-12(9-15(23)22(16)10-5-6-10)20-14-4-2-3-11(19-14)17(24)25/h2-4,7-8,10,12,16H,5-6,9H2,1H3,(H,19,20)(H,24,25)/t12-,16-/m1/s1. The zero-order valence-corrected chi connectivity index (χ0v) is 13.8. The van der Waals surface area contributed by atoms with Gasteiger partial charge in [-0.1, -0.05) is 6.07 Å². The minimum atomic E-state index is -1.08. The number of carbonyl (C=O) groups excluding carboxylic acids is 1. The lowest BCUT2D eigenvalue weighted by Crippen LogP contribution is -2.35. The number of aromatic nitrogens is 3. The summed E-state index contributed by atoms with van der Waals surface area (Å²) in [5, 5.41) is 16.6. The highest BCUT2D eigenvalue weighted by Gasteiger charge is 2.48. The second-order valence-electron chi connectivity index (χ2n) is 6.52. The van der Waals surface area contributed by atoms with Crippen molar-refractivity contribution in [2.75, 3.05) is 5.32 Å². The first-order valence-electron chi connectivity index (χ1n) is 8.30. The van der Waals surface area contributed by atoms with Crippen LogP contribution in [0.2, 0.25) is 0 Å². The summed E-state index contributed by atoms with van der Waals surface area (Å²) in [5.41, 5.74) is 0.940. The van der Waals surface area contributed by atoms with Gasteiger partial charge < -0.3 is 15.3 Å². The summed E-state index contributed by atoms with van der Waals surface area (Å²) in [7, 11) is 1.86. The average molecular weight is 341 g/mol. The molecule has 25 heavy (non-hydrogen) atoms. The molecule has 0 bridgehead atoms. The summed E-state index contributed by atoms with van der Waals surface area (Å²) in [6.07, 6.45) is 4.13. The first kappa shape index (κ1) is 15.6. The first-order valence-corrected chi connectivity index (χ1v) is 8.30. The number of aromatic carboxylic acids is 1. The van der Waals surface area contributed by atoms with E-state index in [0.717, 1.165) is 18.5 Å². The molecule has 2 aliphatic rings. The Labute approximate surface area is 144 Å². The summed E-state index contributed by atoms with van der Waals surface area (Å²) < 4.78 is 1.79. The number of nitrogens with one attached hydrogen (secondary N) is 1. The van der Waals surface area contributed by atoms with Crippen molar-refractivity contribution in [1.29, 1.82) is 0 Å². The fourth-order valence-corrected chi connectivity index (χ4v) is 3.51. The third-order valence-corrected chi connectivity index (χ3v) is 4.77. The van der Waals surface area contributed by atoms with Gasteiger partial charge in [-0.2, -0.15) is 5.10 Å². The Morgan fingerprint density at radius 3 is 2.76 bits per heavy atom. The SMILES string of the molecule is Cn1nccc1[C@H]1[C@H](Nc2cccc(C(=O)O)n2)CC(=O)N1C1CC1. The van der Waals surface area contributed by atoms with Gasteiger partial charge in [0.2, 0.25) is 5.91 Å². The molecule has 1 saturated carbocycles. The van der Waals surface area contributed by atoms with E-state index in [1.165, 1.54) is 6.07 Å². The lowest BCUT2D eigenvalue weighted by Gasteiger charge is -2.29. The number of likely N-dealkylation sites (tertiary alicyclic amines) is 1. The number of carboxylic acids is 1. The van der Waals surface area contributed by atoms with Gasteiger partial charge in [-0.3, -0.25) is 9.48 Å². The number of pyridine rings is 1. The van der Waals surface area contributed by atoms with Crippen LogP contribution in [0.4, 0.5) is 5.82 Å². The fourth-order valence-electron chi connectivity index (χ4n) is 3.51. The van der Waals surface area contributed by atoms with E-state index in [-0.39, 0.29) is 29.7 Å². The Balaban J connectivity index is 1.65. The highest BCUT2D eigenvalue weighted by Crippen LogP contribution is 2.42. The maximum Gasteiger partial charge on any atom is 0.354 e. The third-order valence-electron chi connectivity index (χ3n) is 4.77. The lowest BCUT2D eigenvalue weighted by atomic mass is 10.1. The summed E-state index contributed by atoms with van der Waals surface area (Å²) in [4.78, 5) is 29.8. The van der Waals surface area contributed by atoms with Gasteiger partial charge in [0.05, 0.1) is 17.8 Å². The smallest absolute Gasteiger partial charge is 0.354 e. The molecule has 1 saturated heterocycles. The van der Waals surface area contributed by atoms with Crippen LogP contribution in [0, 0.1) is 0 Å². The Morgan fingerprint density at radius 2 is 2.12 bits per heavy atom. The molecule has 2 atom stereocenters. The van der Waals surface area contributed by atoms with Crippen molar-refractivity contribution in [3.8, 4) is 0 Å². The molecule has 1 amide bonds. The quantitative estimate of drug-likeness (QED) is 0.853. The summed E-state index contributed by atoms with van der Waals surface area (Å²) in [5.74, 6) is -0.503. The molecule has 4 rings (SSSR count). The largest absolute Gasteiger partial charge is 0.477 e. The van der Waals surface area contributed by atoms with Gasteiger partial charge in [0.15, 0.2) is 5.69 Å². The van der Waals surface area contributed by atoms with Crippen molar-refractivity contribution >= 4 is 17.7 Å². The molecule has 0 unspecified atom stereocenters. The number of anilines is 1. The molecule has 0 spiro atoms. The maximum atomic E-state index is 12.6. The van der Waals surface area contributed by atoms with Crippen molar-refractivity contribution in [3.63, 3.8) is 0 Å². The summed E-state index contributed by atoms with van der Waals surface area (Å²) in [6, 6.07) is 6.71. The van der Waals surface area contributed by atoms with E-state index in [4.69, 9.17) is 5.11 Å². The molecule has 2 N–H and O–H groups in total. The monoisotopic (exact) mass is 341 g/mol. The minimum Gasteiger partial charge on any atom is -0.477 e. The van der Waals surface area contributed by atoms with E-state index in [1.807, 2.05) is 18.0 Å². The number of carbonyl (C=O) groups is 2. The molecule has 1 aliphatic carbocycles. The van der Waals surface area contributed by atoms with E-state index in [0.29, 0.717) is 12.2 Å². The van der Waals surface area contributed by atoms with Crippen molar-refractivity contribution < 1.29 is 14.7 Å². The van der Waals surface area contributed by atoms with E-state index in [9.17, 15) is 9.59 Å². The van der Waals surface area contributed by atoms with Crippen LogP contribution in [-0.4, -0.2) is 48.7 Å².